The monoisotopic (exact) mass is 95.1 g/mol. The predicted octanol–water partition coefficient (Wildman–Crippen LogP) is 1.89. The van der Waals surface area contributed by atoms with Crippen LogP contribution in [0.1, 0.15) is 13.8 Å². The number of hydrogen-bond donors (Lipinski definition) is 0. The average Bonchev–Trinajstić information content (AvgIpc) is 1.63. The average molecular weight is 95.2 g/mol. The first-order chi connectivity index (χ1) is 2.96. The number of rotatable bonds is 0. The highest BCUT2D eigenvalue weighted by molar-refractivity contribution is 5.27. The van der Waals surface area contributed by atoms with Crippen molar-refractivity contribution in [3.05, 3.63) is 20.3 Å². The first-order valence-corrected chi connectivity index (χ1v) is 2.53. The number of hydrogen-bond acceptors (Lipinski definition) is 0. The Hall–Kier alpha value is -0.260. The van der Waals surface area contributed by atoms with E-state index in [0.717, 1.165) is 0 Å². The van der Waals surface area contributed by atoms with Crippen LogP contribution < -0.4 is 0 Å². The molecular formula is C7H11+2. The third-order valence-corrected chi connectivity index (χ3v) is 1.86. The predicted molar refractivity (Wildman–Crippen MR) is 31.2 cm³/mol. The molecule has 0 aromatic heterocycles. The van der Waals surface area contributed by atoms with Gasteiger partial charge in [-0.15, -0.1) is 0 Å². The third kappa shape index (κ3) is 0.495. The minimum Gasteiger partial charge on any atom is -0.0134 e. The standard InChI is InChI=1S/C7H11/c1-6(2)5-7(6,3)4/h5H,1,3H2,2,4H3/q+2. The van der Waals surface area contributed by atoms with E-state index >= 15 is 0 Å². The highest BCUT2D eigenvalue weighted by Gasteiger charge is 2.68. The van der Waals surface area contributed by atoms with E-state index in [9.17, 15) is 0 Å². The maximum atomic E-state index is 3.92. The van der Waals surface area contributed by atoms with Crippen LogP contribution in [0.4, 0.5) is 0 Å². The molecule has 1 rings (SSSR count). The normalized spacial score (nSPS) is 59.7. The lowest BCUT2D eigenvalue weighted by molar-refractivity contribution is 0.551. The van der Waals surface area contributed by atoms with Gasteiger partial charge >= 0.3 is 0 Å². The van der Waals surface area contributed by atoms with Crippen molar-refractivity contribution in [3.63, 3.8) is 0 Å². The van der Waals surface area contributed by atoms with Gasteiger partial charge < -0.3 is 0 Å². The van der Waals surface area contributed by atoms with Crippen LogP contribution in [0.5, 0.6) is 0 Å². The van der Waals surface area contributed by atoms with Gasteiger partial charge in [0, 0.05) is 0 Å². The van der Waals surface area contributed by atoms with Crippen molar-refractivity contribution in [1.29, 1.82) is 0 Å². The summed E-state index contributed by atoms with van der Waals surface area (Å²) in [7, 11) is 0. The van der Waals surface area contributed by atoms with Gasteiger partial charge in [-0.2, -0.15) is 0 Å². The smallest absolute Gasteiger partial charge is 0.0134 e. The molecule has 7 heavy (non-hydrogen) atoms. The highest BCUT2D eigenvalue weighted by atomic mass is 14.6. The maximum Gasteiger partial charge on any atom is 0.156 e. The van der Waals surface area contributed by atoms with Gasteiger partial charge in [0.25, 0.3) is 0 Å². The molecule has 2 unspecified atom stereocenters. The molecule has 0 saturated heterocycles. The Morgan fingerprint density at radius 3 is 1.29 bits per heavy atom. The molecule has 0 N–H and O–H groups in total. The Morgan fingerprint density at radius 2 is 1.29 bits per heavy atom. The van der Waals surface area contributed by atoms with E-state index in [2.05, 4.69) is 34.1 Å². The molecule has 1 aliphatic carbocycles. The van der Waals surface area contributed by atoms with Gasteiger partial charge in [-0.3, -0.25) is 0 Å². The van der Waals surface area contributed by atoms with Crippen LogP contribution in [0.25, 0.3) is 0 Å². The van der Waals surface area contributed by atoms with Gasteiger partial charge in [-0.25, -0.2) is 0 Å². The van der Waals surface area contributed by atoms with Crippen LogP contribution >= 0.6 is 0 Å². The summed E-state index contributed by atoms with van der Waals surface area (Å²) < 4.78 is 0. The van der Waals surface area contributed by atoms with Crippen molar-refractivity contribution in [2.75, 3.05) is 0 Å². The Balaban J connectivity index is 2.59. The Morgan fingerprint density at radius 1 is 1.14 bits per heavy atom. The van der Waals surface area contributed by atoms with Crippen molar-refractivity contribution in [2.24, 2.45) is 10.8 Å². The second kappa shape index (κ2) is 0.795. The molecule has 0 aliphatic heterocycles. The van der Waals surface area contributed by atoms with Crippen molar-refractivity contribution in [1.82, 2.24) is 0 Å². The lowest BCUT2D eigenvalue weighted by Crippen LogP contribution is -1.96. The summed E-state index contributed by atoms with van der Waals surface area (Å²) in [5, 5.41) is 0. The van der Waals surface area contributed by atoms with Gasteiger partial charge in [-0.05, 0) is 13.8 Å². The second-order valence-corrected chi connectivity index (χ2v) is 2.98. The van der Waals surface area contributed by atoms with Crippen molar-refractivity contribution in [2.45, 2.75) is 13.8 Å². The molecule has 1 radical (unpaired) electrons. The fraction of sp³-hybridized carbons (Fsp3) is 0.571. The topological polar surface area (TPSA) is 0 Å². The first-order valence-electron chi connectivity index (χ1n) is 2.53. The zero-order valence-electron chi connectivity index (χ0n) is 4.99. The Bertz CT molecular complexity index is 76.2. The van der Waals surface area contributed by atoms with E-state index in [-0.39, 0.29) is 10.8 Å². The van der Waals surface area contributed by atoms with Gasteiger partial charge in [0.05, 0.1) is 20.3 Å². The first kappa shape index (κ1) is 4.89. The summed E-state index contributed by atoms with van der Waals surface area (Å²) in [4.78, 5) is 0. The highest BCUT2D eigenvalue weighted by Crippen LogP contribution is 2.60. The van der Waals surface area contributed by atoms with E-state index in [0.29, 0.717) is 0 Å². The van der Waals surface area contributed by atoms with Gasteiger partial charge in [0.2, 0.25) is 0 Å². The molecule has 2 atom stereocenters. The summed E-state index contributed by atoms with van der Waals surface area (Å²) in [6.07, 6.45) is 2.15. The zero-order valence-corrected chi connectivity index (χ0v) is 4.99. The molecule has 1 fully saturated rings. The van der Waals surface area contributed by atoms with Gasteiger partial charge in [0.1, 0.15) is 0 Å². The fourth-order valence-corrected chi connectivity index (χ4v) is 0.667. The molecule has 0 nitrogen and oxygen atoms in total. The van der Waals surface area contributed by atoms with Gasteiger partial charge in [0.15, 0.2) is 10.8 Å². The molecule has 37 valence electrons. The second-order valence-electron chi connectivity index (χ2n) is 2.98. The van der Waals surface area contributed by atoms with Crippen molar-refractivity contribution in [3.8, 4) is 0 Å². The van der Waals surface area contributed by atoms with Crippen molar-refractivity contribution < 1.29 is 0 Å². The minimum absolute atomic E-state index is 0.160. The van der Waals surface area contributed by atoms with E-state index in [1.54, 1.807) is 0 Å². The lowest BCUT2D eigenvalue weighted by atomic mass is 10.0. The van der Waals surface area contributed by atoms with Crippen LogP contribution in [0, 0.1) is 31.1 Å². The Kier molecular flexibility index (Phi) is 0.555. The van der Waals surface area contributed by atoms with Crippen LogP contribution in [0.3, 0.4) is 0 Å². The summed E-state index contributed by atoms with van der Waals surface area (Å²) in [6, 6.07) is 0. The fourth-order valence-electron chi connectivity index (χ4n) is 0.667. The van der Waals surface area contributed by atoms with Crippen LogP contribution in [0.2, 0.25) is 0 Å². The molecule has 0 heterocycles. The molecule has 0 heteroatoms. The molecule has 0 aromatic rings. The van der Waals surface area contributed by atoms with E-state index < -0.39 is 0 Å². The third-order valence-electron chi connectivity index (χ3n) is 1.86. The largest absolute Gasteiger partial charge is 0.156 e. The van der Waals surface area contributed by atoms with E-state index in [1.807, 2.05) is 0 Å². The molecule has 1 saturated carbocycles. The quantitative estimate of drug-likeness (QED) is 0.403. The Labute approximate surface area is 45.9 Å². The molecule has 0 bridgehead atoms. The van der Waals surface area contributed by atoms with Crippen molar-refractivity contribution >= 4 is 0 Å². The van der Waals surface area contributed by atoms with E-state index in [4.69, 9.17) is 0 Å². The van der Waals surface area contributed by atoms with Crippen LogP contribution in [-0.4, -0.2) is 0 Å². The van der Waals surface area contributed by atoms with Crippen LogP contribution in [0.15, 0.2) is 0 Å². The molecular weight excluding hydrogens is 84.1 g/mol. The maximum absolute atomic E-state index is 3.92. The molecule has 1 aliphatic rings. The van der Waals surface area contributed by atoms with Gasteiger partial charge in [-0.1, -0.05) is 0 Å². The van der Waals surface area contributed by atoms with Crippen LogP contribution in [-0.2, 0) is 0 Å². The molecule has 0 spiro atoms. The summed E-state index contributed by atoms with van der Waals surface area (Å²) in [5.74, 6) is 0. The summed E-state index contributed by atoms with van der Waals surface area (Å²) in [5.41, 5.74) is 0.319. The lowest BCUT2D eigenvalue weighted by Gasteiger charge is -1.89. The molecule has 0 amide bonds. The SMILES string of the molecule is [CH2+]C1(C)[CH]C1([CH2+])C. The van der Waals surface area contributed by atoms with E-state index in [1.165, 1.54) is 0 Å². The summed E-state index contributed by atoms with van der Waals surface area (Å²) >= 11 is 0. The minimum atomic E-state index is 0.160. The molecule has 0 aromatic carbocycles. The zero-order chi connectivity index (χ0) is 5.71. The summed E-state index contributed by atoms with van der Waals surface area (Å²) in [6.45, 7) is 12.0.